The molecule has 3 nitrogen and oxygen atoms in total. The minimum absolute atomic E-state index is 0.0233. The summed E-state index contributed by atoms with van der Waals surface area (Å²) >= 11 is 6.68. The van der Waals surface area contributed by atoms with Crippen LogP contribution < -0.4 is 0 Å². The molecule has 0 amide bonds. The van der Waals surface area contributed by atoms with Crippen molar-refractivity contribution in [1.82, 2.24) is 0 Å². The third-order valence-electron chi connectivity index (χ3n) is 4.72. The van der Waals surface area contributed by atoms with Crippen molar-refractivity contribution in [3.05, 3.63) is 63.7 Å². The van der Waals surface area contributed by atoms with E-state index in [4.69, 9.17) is 16.3 Å². The monoisotopic (exact) mass is 360 g/mol. The molecule has 4 heteroatoms. The van der Waals surface area contributed by atoms with Crippen LogP contribution in [0.25, 0.3) is 0 Å². The number of aromatic hydroxyl groups is 1. The van der Waals surface area contributed by atoms with Crippen molar-refractivity contribution in [2.24, 2.45) is 0 Å². The van der Waals surface area contributed by atoms with Gasteiger partial charge in [0.15, 0.2) is 0 Å². The summed E-state index contributed by atoms with van der Waals surface area (Å²) in [5.41, 5.74) is 4.97. The number of ether oxygens (including phenoxy) is 1. The van der Waals surface area contributed by atoms with Crippen LogP contribution >= 0.6 is 11.6 Å². The number of rotatable bonds is 6. The van der Waals surface area contributed by atoms with Crippen molar-refractivity contribution >= 4 is 17.6 Å². The lowest BCUT2D eigenvalue weighted by molar-refractivity contribution is 0.0596. The standard InChI is InChI=1S/C21H25ClO3/c1-5-15-13(3)20(23)19(21(24)25-4)16(6-2)17(15)12-18(22)14-10-8-7-9-11-14/h7-11,18,23H,5-6,12H2,1-4H3. The Morgan fingerprint density at radius 2 is 1.72 bits per heavy atom. The molecular formula is C21H25ClO3. The van der Waals surface area contributed by atoms with E-state index in [1.807, 2.05) is 51.1 Å². The van der Waals surface area contributed by atoms with E-state index in [-0.39, 0.29) is 16.7 Å². The second-order valence-corrected chi connectivity index (χ2v) is 6.59. The molecule has 2 aromatic rings. The summed E-state index contributed by atoms with van der Waals surface area (Å²) in [5, 5.41) is 10.4. The lowest BCUT2D eigenvalue weighted by atomic mass is 9.85. The van der Waals surface area contributed by atoms with Crippen molar-refractivity contribution < 1.29 is 14.6 Å². The van der Waals surface area contributed by atoms with Crippen LogP contribution in [0.5, 0.6) is 5.75 Å². The number of hydrogen-bond donors (Lipinski definition) is 1. The van der Waals surface area contributed by atoms with Gasteiger partial charge in [0.2, 0.25) is 0 Å². The molecule has 0 aliphatic rings. The largest absolute Gasteiger partial charge is 0.507 e. The number of methoxy groups -OCH3 is 1. The molecule has 1 atom stereocenters. The van der Waals surface area contributed by atoms with Gasteiger partial charge >= 0.3 is 5.97 Å². The highest BCUT2D eigenvalue weighted by atomic mass is 35.5. The molecular weight excluding hydrogens is 336 g/mol. The van der Waals surface area contributed by atoms with Gasteiger partial charge in [-0.3, -0.25) is 0 Å². The minimum Gasteiger partial charge on any atom is -0.507 e. The SMILES string of the molecule is CCc1c(C)c(O)c(C(=O)OC)c(CC)c1CC(Cl)c1ccccc1. The Bertz CT molecular complexity index is 754. The first kappa shape index (κ1) is 19.3. The number of halogens is 1. The maximum atomic E-state index is 12.3. The van der Waals surface area contributed by atoms with Gasteiger partial charge in [0.05, 0.1) is 12.5 Å². The Kier molecular flexibility index (Phi) is 6.49. The lowest BCUT2D eigenvalue weighted by Crippen LogP contribution is -2.14. The van der Waals surface area contributed by atoms with Gasteiger partial charge in [-0.15, -0.1) is 11.6 Å². The molecule has 0 aliphatic heterocycles. The average Bonchev–Trinajstić information content (AvgIpc) is 2.64. The van der Waals surface area contributed by atoms with Gasteiger partial charge in [0.25, 0.3) is 0 Å². The Hall–Kier alpha value is -2.00. The smallest absolute Gasteiger partial charge is 0.341 e. The van der Waals surface area contributed by atoms with Crippen LogP contribution in [0.4, 0.5) is 0 Å². The summed E-state index contributed by atoms with van der Waals surface area (Å²) in [4.78, 5) is 12.3. The second kappa shape index (κ2) is 8.39. The van der Waals surface area contributed by atoms with Crippen LogP contribution in [-0.4, -0.2) is 18.2 Å². The van der Waals surface area contributed by atoms with Crippen molar-refractivity contribution in [2.75, 3.05) is 7.11 Å². The number of phenolic OH excluding ortho intramolecular Hbond substituents is 1. The van der Waals surface area contributed by atoms with E-state index >= 15 is 0 Å². The fourth-order valence-corrected chi connectivity index (χ4v) is 3.73. The molecule has 2 rings (SSSR count). The van der Waals surface area contributed by atoms with Crippen LogP contribution in [-0.2, 0) is 24.0 Å². The molecule has 1 N–H and O–H groups in total. The zero-order valence-corrected chi connectivity index (χ0v) is 16.0. The first-order valence-electron chi connectivity index (χ1n) is 8.59. The first-order chi connectivity index (χ1) is 12.0. The van der Waals surface area contributed by atoms with Gasteiger partial charge in [-0.05, 0) is 54.0 Å². The number of phenols is 1. The lowest BCUT2D eigenvalue weighted by Gasteiger charge is -2.22. The van der Waals surface area contributed by atoms with Crippen LogP contribution in [0.2, 0.25) is 0 Å². The maximum Gasteiger partial charge on any atom is 0.341 e. The van der Waals surface area contributed by atoms with Crippen LogP contribution in [0.3, 0.4) is 0 Å². The Balaban J connectivity index is 2.62. The second-order valence-electron chi connectivity index (χ2n) is 6.07. The van der Waals surface area contributed by atoms with E-state index in [1.165, 1.54) is 7.11 Å². The molecule has 0 fully saturated rings. The van der Waals surface area contributed by atoms with Gasteiger partial charge < -0.3 is 9.84 Å². The van der Waals surface area contributed by atoms with Gasteiger partial charge in [0.1, 0.15) is 11.3 Å². The highest BCUT2D eigenvalue weighted by Crippen LogP contribution is 2.37. The number of carbonyl (C=O) groups is 1. The molecule has 0 spiro atoms. The molecule has 0 aliphatic carbocycles. The van der Waals surface area contributed by atoms with E-state index < -0.39 is 5.97 Å². The van der Waals surface area contributed by atoms with E-state index in [2.05, 4.69) is 0 Å². The molecule has 0 aromatic heterocycles. The molecule has 0 bridgehead atoms. The third-order valence-corrected chi connectivity index (χ3v) is 5.12. The fraction of sp³-hybridized carbons (Fsp3) is 0.381. The van der Waals surface area contributed by atoms with Gasteiger partial charge in [-0.2, -0.15) is 0 Å². The van der Waals surface area contributed by atoms with Gasteiger partial charge in [0, 0.05) is 0 Å². The molecule has 134 valence electrons. The molecule has 1 unspecified atom stereocenters. The van der Waals surface area contributed by atoms with Crippen LogP contribution in [0.1, 0.15) is 57.4 Å². The zero-order chi connectivity index (χ0) is 18.6. The van der Waals surface area contributed by atoms with Crippen molar-refractivity contribution in [2.45, 2.75) is 45.4 Å². The molecule has 0 saturated heterocycles. The fourth-order valence-electron chi connectivity index (χ4n) is 3.43. The highest BCUT2D eigenvalue weighted by Gasteiger charge is 2.26. The predicted molar refractivity (Wildman–Crippen MR) is 102 cm³/mol. The third kappa shape index (κ3) is 3.82. The summed E-state index contributed by atoms with van der Waals surface area (Å²) in [6.45, 7) is 5.87. The molecule has 0 saturated carbocycles. The Morgan fingerprint density at radius 1 is 1.12 bits per heavy atom. The number of benzene rings is 2. The number of hydrogen-bond acceptors (Lipinski definition) is 3. The van der Waals surface area contributed by atoms with Crippen molar-refractivity contribution in [3.63, 3.8) is 0 Å². The first-order valence-corrected chi connectivity index (χ1v) is 9.03. The Morgan fingerprint density at radius 3 is 2.24 bits per heavy atom. The molecule has 0 radical (unpaired) electrons. The molecule has 25 heavy (non-hydrogen) atoms. The van der Waals surface area contributed by atoms with E-state index in [0.717, 1.165) is 34.2 Å². The van der Waals surface area contributed by atoms with Crippen LogP contribution in [0.15, 0.2) is 30.3 Å². The molecule has 0 heterocycles. The van der Waals surface area contributed by atoms with Crippen molar-refractivity contribution in [1.29, 1.82) is 0 Å². The van der Waals surface area contributed by atoms with Gasteiger partial charge in [-0.25, -0.2) is 4.79 Å². The van der Waals surface area contributed by atoms with E-state index in [1.54, 1.807) is 0 Å². The van der Waals surface area contributed by atoms with Gasteiger partial charge in [-0.1, -0.05) is 44.2 Å². The predicted octanol–water partition coefficient (Wildman–Crippen LogP) is 5.13. The minimum atomic E-state index is -0.507. The normalized spacial score (nSPS) is 12.0. The highest BCUT2D eigenvalue weighted by molar-refractivity contribution is 6.21. The number of alkyl halides is 1. The summed E-state index contributed by atoms with van der Waals surface area (Å²) in [6, 6.07) is 9.90. The number of carbonyl (C=O) groups excluding carboxylic acids is 1. The summed E-state index contributed by atoms with van der Waals surface area (Å²) < 4.78 is 4.90. The Labute approximate surface area is 154 Å². The quantitative estimate of drug-likeness (QED) is 0.573. The zero-order valence-electron chi connectivity index (χ0n) is 15.2. The molecule has 2 aromatic carbocycles. The average molecular weight is 361 g/mol. The number of esters is 1. The van der Waals surface area contributed by atoms with E-state index in [0.29, 0.717) is 12.8 Å². The van der Waals surface area contributed by atoms with Crippen molar-refractivity contribution in [3.8, 4) is 5.75 Å². The van der Waals surface area contributed by atoms with E-state index in [9.17, 15) is 9.90 Å². The van der Waals surface area contributed by atoms with Crippen LogP contribution in [0, 0.1) is 6.92 Å². The maximum absolute atomic E-state index is 12.3. The summed E-state index contributed by atoms with van der Waals surface area (Å²) in [5.74, 6) is -0.484. The topological polar surface area (TPSA) is 46.5 Å². The summed E-state index contributed by atoms with van der Waals surface area (Å²) in [6.07, 6.45) is 1.99. The summed E-state index contributed by atoms with van der Waals surface area (Å²) in [7, 11) is 1.33.